The second-order valence-electron chi connectivity index (χ2n) is 13.4. The number of aromatic nitrogens is 1. The highest BCUT2D eigenvalue weighted by atomic mass is 19.4. The molecule has 0 radical (unpaired) electrons. The van der Waals surface area contributed by atoms with Crippen LogP contribution in [0.15, 0.2) is 41.3 Å². The summed E-state index contributed by atoms with van der Waals surface area (Å²) >= 11 is 0. The Morgan fingerprint density at radius 1 is 0.957 bits per heavy atom. The Kier molecular flexibility index (Phi) is 11.2. The van der Waals surface area contributed by atoms with Crippen LogP contribution in [0.3, 0.4) is 0 Å². The van der Waals surface area contributed by atoms with Crippen LogP contribution in [-0.4, -0.2) is 46.0 Å². The van der Waals surface area contributed by atoms with Gasteiger partial charge >= 0.3 is 12.1 Å². The molecule has 1 fully saturated rings. The molecule has 4 rings (SSSR count). The summed E-state index contributed by atoms with van der Waals surface area (Å²) in [6, 6.07) is 6.67. The molecule has 0 bridgehead atoms. The second kappa shape index (κ2) is 14.5. The van der Waals surface area contributed by atoms with Crippen LogP contribution < -0.4 is 5.56 Å². The third-order valence-corrected chi connectivity index (χ3v) is 9.34. The monoisotopic (exact) mass is 656 g/mol. The molecule has 1 aliphatic rings. The van der Waals surface area contributed by atoms with Gasteiger partial charge in [0.1, 0.15) is 5.82 Å². The maximum Gasteiger partial charge on any atom is 0.416 e. The average molecular weight is 657 g/mol. The summed E-state index contributed by atoms with van der Waals surface area (Å²) in [5.74, 6) is -3.58. The van der Waals surface area contributed by atoms with E-state index in [-0.39, 0.29) is 29.9 Å². The Bertz CT molecular complexity index is 1710. The van der Waals surface area contributed by atoms with E-state index < -0.39 is 59.7 Å². The highest BCUT2D eigenvalue weighted by Gasteiger charge is 2.36. The minimum Gasteiger partial charge on any atom is -0.481 e. The predicted octanol–water partition coefficient (Wildman–Crippen LogP) is 7.96. The Hall–Kier alpha value is -3.79. The molecule has 1 aromatic heterocycles. The molecule has 1 aliphatic heterocycles. The van der Waals surface area contributed by atoms with Gasteiger partial charge in [0.15, 0.2) is 5.78 Å². The van der Waals surface area contributed by atoms with Crippen molar-refractivity contribution >= 4 is 11.8 Å². The number of aliphatic carboxylic acids is 1. The largest absolute Gasteiger partial charge is 0.481 e. The third kappa shape index (κ3) is 8.39. The molecule has 2 heterocycles. The fourth-order valence-electron chi connectivity index (χ4n) is 6.54. The van der Waals surface area contributed by atoms with E-state index in [0.717, 1.165) is 52.5 Å². The fourth-order valence-corrected chi connectivity index (χ4v) is 6.54. The Morgan fingerprint density at radius 2 is 1.62 bits per heavy atom. The molecule has 1 N–H and O–H groups in total. The number of rotatable bonds is 13. The van der Waals surface area contributed by atoms with Gasteiger partial charge in [0.05, 0.1) is 18.0 Å². The van der Waals surface area contributed by atoms with Gasteiger partial charge in [0.25, 0.3) is 5.56 Å². The molecule has 0 spiro atoms. The maximum atomic E-state index is 15.9. The summed E-state index contributed by atoms with van der Waals surface area (Å²) in [4.78, 5) is 41.4. The number of alkyl halides is 3. The number of carboxylic acid groups (broad SMARTS) is 1. The number of halogens is 4. The van der Waals surface area contributed by atoms with Crippen LogP contribution >= 0.6 is 0 Å². The van der Waals surface area contributed by atoms with E-state index in [1.807, 2.05) is 51.7 Å². The molecular weight excluding hydrogens is 612 g/mol. The van der Waals surface area contributed by atoms with Crippen molar-refractivity contribution in [3.05, 3.63) is 91.6 Å². The molecule has 0 aliphatic carbocycles. The number of hydrogen-bond donors (Lipinski definition) is 1. The zero-order valence-corrected chi connectivity index (χ0v) is 27.9. The van der Waals surface area contributed by atoms with Crippen molar-refractivity contribution in [2.75, 3.05) is 19.6 Å². The molecule has 2 aromatic carbocycles. The quantitative estimate of drug-likeness (QED) is 0.189. The molecule has 254 valence electrons. The van der Waals surface area contributed by atoms with E-state index >= 15 is 4.39 Å². The first kappa shape index (κ1) is 36.1. The minimum atomic E-state index is -4.75. The van der Waals surface area contributed by atoms with Crippen LogP contribution in [0, 0.1) is 39.4 Å². The van der Waals surface area contributed by atoms with E-state index in [9.17, 15) is 32.7 Å². The molecule has 2 atom stereocenters. The van der Waals surface area contributed by atoms with Gasteiger partial charge in [-0.15, -0.1) is 0 Å². The van der Waals surface area contributed by atoms with Gasteiger partial charge in [0, 0.05) is 31.1 Å². The van der Waals surface area contributed by atoms with Gasteiger partial charge in [-0.25, -0.2) is 4.39 Å². The van der Waals surface area contributed by atoms with Crippen LogP contribution in [0.2, 0.25) is 0 Å². The summed E-state index contributed by atoms with van der Waals surface area (Å²) in [6.45, 7) is 13.1. The number of Topliss-reactive ketones (excluding diaryl/α,β-unsaturated/α-hetero) is 1. The standard InChI is InChI=1S/C37H44F4N2O4/c1-21(2)14-31(43-20-26(10-13-42-11-7-12-42)30(19-33(43)45)37(39,40)41)32(44)17-27(18-34(46)47)29-16-28(15-24(5)36(29)38)35-23(4)9-8-22(3)25(35)6/h8-9,15-16,19-21,27,31H,7,10-14,17-18H2,1-6H3,(H,46,47)/t27-,31?/m0/s1. The molecule has 47 heavy (non-hydrogen) atoms. The smallest absolute Gasteiger partial charge is 0.416 e. The number of ketones is 1. The number of carbonyl (C=O) groups is 2. The van der Waals surface area contributed by atoms with Gasteiger partial charge in [0.2, 0.25) is 0 Å². The number of benzene rings is 2. The van der Waals surface area contributed by atoms with E-state index in [4.69, 9.17) is 0 Å². The maximum absolute atomic E-state index is 15.9. The van der Waals surface area contributed by atoms with Crippen molar-refractivity contribution in [2.24, 2.45) is 5.92 Å². The fraction of sp³-hybridized carbons (Fsp3) is 0.486. The predicted molar refractivity (Wildman–Crippen MR) is 174 cm³/mol. The van der Waals surface area contributed by atoms with Crippen LogP contribution in [0.4, 0.5) is 17.6 Å². The third-order valence-electron chi connectivity index (χ3n) is 9.34. The lowest BCUT2D eigenvalue weighted by Crippen LogP contribution is -2.39. The topological polar surface area (TPSA) is 79.6 Å². The first-order chi connectivity index (χ1) is 22.0. The summed E-state index contributed by atoms with van der Waals surface area (Å²) < 4.78 is 58.9. The van der Waals surface area contributed by atoms with E-state index in [1.54, 1.807) is 19.1 Å². The van der Waals surface area contributed by atoms with Gasteiger partial charge in [-0.2, -0.15) is 13.2 Å². The zero-order chi connectivity index (χ0) is 34.8. The van der Waals surface area contributed by atoms with Gasteiger partial charge < -0.3 is 14.6 Å². The number of hydrogen-bond acceptors (Lipinski definition) is 4. The Labute approximate surface area is 273 Å². The summed E-state index contributed by atoms with van der Waals surface area (Å²) in [5, 5.41) is 9.85. The van der Waals surface area contributed by atoms with Gasteiger partial charge in [-0.1, -0.05) is 26.0 Å². The number of carboxylic acids is 1. The molecule has 0 saturated carbocycles. The second-order valence-corrected chi connectivity index (χ2v) is 13.4. The average Bonchev–Trinajstić information content (AvgIpc) is 2.94. The molecular formula is C37H44F4N2O4. The highest BCUT2D eigenvalue weighted by Crippen LogP contribution is 2.38. The summed E-state index contributed by atoms with van der Waals surface area (Å²) in [6.07, 6.45) is -3.40. The Balaban J connectivity index is 1.78. The first-order valence-electron chi connectivity index (χ1n) is 16.1. The lowest BCUT2D eigenvalue weighted by atomic mass is 9.83. The van der Waals surface area contributed by atoms with E-state index in [1.165, 1.54) is 0 Å². The SMILES string of the molecule is Cc1ccc(C)c(-c2cc(C)c(F)c([C@H](CC(=O)O)CC(=O)C(CC(C)C)n3cc(CCN4CCC4)c(C(F)(F)F)cc3=O)c2)c1C. The van der Waals surface area contributed by atoms with E-state index in [0.29, 0.717) is 23.7 Å². The summed E-state index contributed by atoms with van der Waals surface area (Å²) in [7, 11) is 0. The number of nitrogens with zero attached hydrogens (tertiary/aromatic N) is 2. The van der Waals surface area contributed by atoms with Crippen molar-refractivity contribution in [3.63, 3.8) is 0 Å². The molecule has 10 heteroatoms. The molecule has 1 unspecified atom stereocenters. The normalized spacial score (nSPS) is 15.0. The van der Waals surface area contributed by atoms with Crippen molar-refractivity contribution < 1.29 is 32.3 Å². The molecule has 6 nitrogen and oxygen atoms in total. The number of likely N-dealkylation sites (tertiary alicyclic amines) is 1. The number of pyridine rings is 1. The molecule has 3 aromatic rings. The molecule has 0 amide bonds. The van der Waals surface area contributed by atoms with Crippen LogP contribution in [0.1, 0.15) is 90.4 Å². The van der Waals surface area contributed by atoms with Crippen LogP contribution in [-0.2, 0) is 22.2 Å². The van der Waals surface area contributed by atoms with Crippen LogP contribution in [0.5, 0.6) is 0 Å². The molecule has 1 saturated heterocycles. The van der Waals surface area contributed by atoms with Crippen molar-refractivity contribution in [3.8, 4) is 11.1 Å². The van der Waals surface area contributed by atoms with Gasteiger partial charge in [-0.05, 0) is 123 Å². The van der Waals surface area contributed by atoms with Crippen molar-refractivity contribution in [1.29, 1.82) is 0 Å². The lowest BCUT2D eigenvalue weighted by Gasteiger charge is -2.31. The zero-order valence-electron chi connectivity index (χ0n) is 27.9. The number of aryl methyl sites for hydroxylation is 3. The van der Waals surface area contributed by atoms with E-state index in [2.05, 4.69) is 0 Å². The number of carbonyl (C=O) groups excluding carboxylic acids is 1. The van der Waals surface area contributed by atoms with Gasteiger partial charge in [-0.3, -0.25) is 14.4 Å². The van der Waals surface area contributed by atoms with Crippen molar-refractivity contribution in [1.82, 2.24) is 9.47 Å². The van der Waals surface area contributed by atoms with Crippen molar-refractivity contribution in [2.45, 2.75) is 91.8 Å². The van der Waals surface area contributed by atoms with Crippen LogP contribution in [0.25, 0.3) is 11.1 Å². The lowest BCUT2D eigenvalue weighted by molar-refractivity contribution is -0.139. The summed E-state index contributed by atoms with van der Waals surface area (Å²) in [5.41, 5.74) is 2.90. The Morgan fingerprint density at radius 3 is 2.19 bits per heavy atom. The highest BCUT2D eigenvalue weighted by molar-refractivity contribution is 5.84. The minimum absolute atomic E-state index is 0.0500. The first-order valence-corrected chi connectivity index (χ1v) is 16.1.